The summed E-state index contributed by atoms with van der Waals surface area (Å²) in [5.41, 5.74) is 3.44. The Kier molecular flexibility index (Phi) is 3.91. The molecule has 0 radical (unpaired) electrons. The van der Waals surface area contributed by atoms with E-state index < -0.39 is 0 Å². The van der Waals surface area contributed by atoms with Crippen LogP contribution in [-0.2, 0) is 0 Å². The summed E-state index contributed by atoms with van der Waals surface area (Å²) in [6, 6.07) is 11.9. The maximum absolute atomic E-state index is 13.0. The van der Waals surface area contributed by atoms with E-state index in [4.69, 9.17) is 0 Å². The molecule has 1 nitrogen and oxygen atoms in total. The molecule has 96 valence electrons. The quantitative estimate of drug-likeness (QED) is 0.588. The third kappa shape index (κ3) is 3.38. The Morgan fingerprint density at radius 1 is 1.11 bits per heavy atom. The second-order valence-electron chi connectivity index (χ2n) is 4.57. The predicted molar refractivity (Wildman–Crippen MR) is 75.7 cm³/mol. The summed E-state index contributed by atoms with van der Waals surface area (Å²) < 4.78 is 13.0. The van der Waals surface area contributed by atoms with Gasteiger partial charge < -0.3 is 0 Å². The second-order valence-corrected chi connectivity index (χ2v) is 4.57. The van der Waals surface area contributed by atoms with Crippen molar-refractivity contribution in [3.8, 4) is 0 Å². The highest BCUT2D eigenvalue weighted by Crippen LogP contribution is 2.13. The van der Waals surface area contributed by atoms with Gasteiger partial charge in [0, 0.05) is 5.56 Å². The van der Waals surface area contributed by atoms with Gasteiger partial charge in [-0.2, -0.15) is 0 Å². The molecule has 0 aromatic heterocycles. The molecule has 0 saturated carbocycles. The molecule has 0 unspecified atom stereocenters. The molecule has 2 heteroatoms. The Morgan fingerprint density at radius 3 is 2.58 bits per heavy atom. The Labute approximate surface area is 112 Å². The molecule has 0 amide bonds. The molecule has 0 saturated heterocycles. The Bertz CT molecular complexity index is 641. The van der Waals surface area contributed by atoms with Crippen LogP contribution in [0.25, 0.3) is 6.08 Å². The van der Waals surface area contributed by atoms with Crippen LogP contribution in [-0.4, -0.2) is 5.78 Å². The van der Waals surface area contributed by atoms with E-state index in [0.717, 1.165) is 11.1 Å². The molecule has 0 bridgehead atoms. The summed E-state index contributed by atoms with van der Waals surface area (Å²) in [7, 11) is 0. The van der Waals surface area contributed by atoms with Gasteiger partial charge in [0.1, 0.15) is 5.82 Å². The lowest BCUT2D eigenvalue weighted by Gasteiger charge is -2.02. The van der Waals surface area contributed by atoms with Crippen molar-refractivity contribution in [2.45, 2.75) is 13.8 Å². The van der Waals surface area contributed by atoms with Crippen LogP contribution in [0.3, 0.4) is 0 Å². The van der Waals surface area contributed by atoms with Crippen molar-refractivity contribution in [1.82, 2.24) is 0 Å². The standard InChI is InChI=1S/C17H15FO/c1-12-6-8-16(13(2)10-12)17(19)9-7-14-4-3-5-15(18)11-14/h3-11H,1-2H3/b9-7+. The first-order valence-corrected chi connectivity index (χ1v) is 6.11. The molecular formula is C17H15FO. The van der Waals surface area contributed by atoms with Gasteiger partial charge in [0.15, 0.2) is 5.78 Å². The van der Waals surface area contributed by atoms with Gasteiger partial charge in [0.25, 0.3) is 0 Å². The summed E-state index contributed by atoms with van der Waals surface area (Å²) in [6.45, 7) is 3.90. The largest absolute Gasteiger partial charge is 0.289 e. The minimum atomic E-state index is -0.305. The highest BCUT2D eigenvalue weighted by Gasteiger charge is 2.05. The fraction of sp³-hybridized carbons (Fsp3) is 0.118. The summed E-state index contributed by atoms with van der Waals surface area (Å²) >= 11 is 0. The van der Waals surface area contributed by atoms with Crippen molar-refractivity contribution in [2.75, 3.05) is 0 Å². The first-order chi connectivity index (χ1) is 9.06. The number of allylic oxidation sites excluding steroid dienone is 1. The monoisotopic (exact) mass is 254 g/mol. The molecule has 0 heterocycles. The van der Waals surface area contributed by atoms with Crippen LogP contribution >= 0.6 is 0 Å². The zero-order valence-electron chi connectivity index (χ0n) is 11.0. The minimum absolute atomic E-state index is 0.0678. The zero-order valence-corrected chi connectivity index (χ0v) is 11.0. The van der Waals surface area contributed by atoms with Gasteiger partial charge in [-0.3, -0.25) is 4.79 Å². The molecular weight excluding hydrogens is 239 g/mol. The predicted octanol–water partition coefficient (Wildman–Crippen LogP) is 4.34. The van der Waals surface area contributed by atoms with E-state index >= 15 is 0 Å². The topological polar surface area (TPSA) is 17.1 Å². The summed E-state index contributed by atoms with van der Waals surface area (Å²) in [5, 5.41) is 0. The number of aryl methyl sites for hydroxylation is 2. The third-order valence-corrected chi connectivity index (χ3v) is 2.92. The molecule has 0 N–H and O–H groups in total. The highest BCUT2D eigenvalue weighted by molar-refractivity contribution is 6.07. The summed E-state index contributed by atoms with van der Waals surface area (Å²) in [6.07, 6.45) is 3.11. The number of halogens is 1. The smallest absolute Gasteiger partial charge is 0.186 e. The van der Waals surface area contributed by atoms with E-state index in [-0.39, 0.29) is 11.6 Å². The van der Waals surface area contributed by atoms with E-state index in [2.05, 4.69) is 0 Å². The van der Waals surface area contributed by atoms with E-state index in [9.17, 15) is 9.18 Å². The van der Waals surface area contributed by atoms with Gasteiger partial charge in [-0.25, -0.2) is 4.39 Å². The van der Waals surface area contributed by atoms with Crippen LogP contribution in [0.5, 0.6) is 0 Å². The third-order valence-electron chi connectivity index (χ3n) is 2.92. The van der Waals surface area contributed by atoms with Crippen molar-refractivity contribution >= 4 is 11.9 Å². The molecule has 0 aliphatic carbocycles. The normalized spacial score (nSPS) is 10.9. The second kappa shape index (κ2) is 5.61. The fourth-order valence-corrected chi connectivity index (χ4v) is 1.96. The lowest BCUT2D eigenvalue weighted by Crippen LogP contribution is -1.98. The van der Waals surface area contributed by atoms with Crippen molar-refractivity contribution in [1.29, 1.82) is 0 Å². The van der Waals surface area contributed by atoms with Gasteiger partial charge >= 0.3 is 0 Å². The maximum atomic E-state index is 13.0. The molecule has 2 aromatic rings. The molecule has 0 spiro atoms. The van der Waals surface area contributed by atoms with Crippen LogP contribution in [0.4, 0.5) is 4.39 Å². The van der Waals surface area contributed by atoms with E-state index in [1.54, 1.807) is 18.2 Å². The number of carbonyl (C=O) groups excluding carboxylic acids is 1. The van der Waals surface area contributed by atoms with E-state index in [1.165, 1.54) is 18.2 Å². The van der Waals surface area contributed by atoms with Crippen molar-refractivity contribution in [2.24, 2.45) is 0 Å². The number of rotatable bonds is 3. The van der Waals surface area contributed by atoms with Crippen LogP contribution in [0, 0.1) is 19.7 Å². The zero-order chi connectivity index (χ0) is 13.8. The average molecular weight is 254 g/mol. The van der Waals surface area contributed by atoms with E-state index in [0.29, 0.717) is 11.1 Å². The SMILES string of the molecule is Cc1ccc(C(=O)/C=C/c2cccc(F)c2)c(C)c1. The molecule has 0 aliphatic heterocycles. The molecule has 2 aromatic carbocycles. The van der Waals surface area contributed by atoms with Crippen molar-refractivity contribution in [3.05, 3.63) is 76.6 Å². The number of benzene rings is 2. The molecule has 0 atom stereocenters. The molecule has 19 heavy (non-hydrogen) atoms. The Hall–Kier alpha value is -2.22. The summed E-state index contributed by atoms with van der Waals surface area (Å²) in [5.74, 6) is -0.372. The number of ketones is 1. The van der Waals surface area contributed by atoms with Crippen LogP contribution in [0.2, 0.25) is 0 Å². The average Bonchev–Trinajstić information content (AvgIpc) is 2.36. The van der Waals surface area contributed by atoms with Gasteiger partial charge in [-0.05, 0) is 43.2 Å². The lowest BCUT2D eigenvalue weighted by molar-refractivity contribution is 0.104. The van der Waals surface area contributed by atoms with Crippen LogP contribution < -0.4 is 0 Å². The van der Waals surface area contributed by atoms with E-state index in [1.807, 2.05) is 32.0 Å². The van der Waals surface area contributed by atoms with Gasteiger partial charge in [-0.15, -0.1) is 0 Å². The van der Waals surface area contributed by atoms with Crippen LogP contribution in [0.15, 0.2) is 48.5 Å². The fourth-order valence-electron chi connectivity index (χ4n) is 1.96. The maximum Gasteiger partial charge on any atom is 0.186 e. The Morgan fingerprint density at radius 2 is 1.89 bits per heavy atom. The number of carbonyl (C=O) groups is 1. The van der Waals surface area contributed by atoms with Gasteiger partial charge in [0.05, 0.1) is 0 Å². The highest BCUT2D eigenvalue weighted by atomic mass is 19.1. The Balaban J connectivity index is 2.21. The van der Waals surface area contributed by atoms with Crippen molar-refractivity contribution in [3.63, 3.8) is 0 Å². The van der Waals surface area contributed by atoms with Gasteiger partial charge in [0.2, 0.25) is 0 Å². The molecule has 2 rings (SSSR count). The molecule has 0 aliphatic rings. The first kappa shape index (κ1) is 13.2. The number of hydrogen-bond donors (Lipinski definition) is 0. The first-order valence-electron chi connectivity index (χ1n) is 6.11. The van der Waals surface area contributed by atoms with Crippen LogP contribution in [0.1, 0.15) is 27.0 Å². The number of hydrogen-bond acceptors (Lipinski definition) is 1. The molecule has 0 fully saturated rings. The summed E-state index contributed by atoms with van der Waals surface area (Å²) in [4.78, 5) is 12.1. The van der Waals surface area contributed by atoms with Crippen molar-refractivity contribution < 1.29 is 9.18 Å². The minimum Gasteiger partial charge on any atom is -0.289 e. The lowest BCUT2D eigenvalue weighted by atomic mass is 10.0. The van der Waals surface area contributed by atoms with Gasteiger partial charge in [-0.1, -0.05) is 42.0 Å².